The number of nitrogens with one attached hydrogen (secondary N) is 1. The highest BCUT2D eigenvalue weighted by molar-refractivity contribution is 5.92. The van der Waals surface area contributed by atoms with Crippen molar-refractivity contribution in [2.45, 2.75) is 44.8 Å². The summed E-state index contributed by atoms with van der Waals surface area (Å²) in [6.45, 7) is 6.50. The number of para-hydroxylation sites is 1. The first-order valence-electron chi connectivity index (χ1n) is 10.7. The first-order valence-corrected chi connectivity index (χ1v) is 10.7. The number of hydrogen-bond acceptors (Lipinski definition) is 5. The second kappa shape index (κ2) is 7.01. The van der Waals surface area contributed by atoms with Gasteiger partial charge in [0.05, 0.1) is 32.3 Å². The fourth-order valence-corrected chi connectivity index (χ4v) is 5.37. The highest BCUT2D eigenvalue weighted by Crippen LogP contribution is 2.57. The lowest BCUT2D eigenvalue weighted by atomic mass is 9.64. The van der Waals surface area contributed by atoms with Crippen LogP contribution < -0.4 is 9.47 Å². The fraction of sp³-hybridized carbons (Fsp3) is 0.565. The molecule has 3 aliphatic heterocycles. The number of methoxy groups -OCH3 is 1. The molecule has 2 saturated heterocycles. The molecule has 5 rings (SSSR count). The van der Waals surface area contributed by atoms with E-state index in [0.29, 0.717) is 12.3 Å². The zero-order valence-electron chi connectivity index (χ0n) is 17.8. The summed E-state index contributed by atoms with van der Waals surface area (Å²) in [5.74, 6) is 1.84. The van der Waals surface area contributed by atoms with E-state index >= 15 is 0 Å². The lowest BCUT2D eigenvalue weighted by Gasteiger charge is -2.54. The first kappa shape index (κ1) is 19.4. The highest BCUT2D eigenvalue weighted by Gasteiger charge is 2.53. The van der Waals surface area contributed by atoms with Crippen LogP contribution in [0, 0.1) is 11.3 Å². The Morgan fingerprint density at radius 2 is 2.10 bits per heavy atom. The van der Waals surface area contributed by atoms with E-state index in [-0.39, 0.29) is 28.9 Å². The SMILES string of the molecule is COc1cccc2c1OC(C)(C)[C@H]1CC3(CCN(C(=O)c4cnc[nH]4)CC3)CO[C@H]21. The average Bonchev–Trinajstić information content (AvgIpc) is 3.28. The third-order valence-electron chi connectivity index (χ3n) is 7.22. The second-order valence-electron chi connectivity index (χ2n) is 9.38. The molecule has 1 aromatic heterocycles. The molecular weight excluding hydrogens is 382 g/mol. The van der Waals surface area contributed by atoms with Gasteiger partial charge in [-0.3, -0.25) is 4.79 Å². The zero-order chi connectivity index (χ0) is 20.9. The van der Waals surface area contributed by atoms with E-state index in [1.165, 1.54) is 0 Å². The number of H-pyrrole nitrogens is 1. The monoisotopic (exact) mass is 411 g/mol. The molecule has 0 bridgehead atoms. The van der Waals surface area contributed by atoms with Crippen molar-refractivity contribution in [2.75, 3.05) is 26.8 Å². The Balaban J connectivity index is 1.34. The Labute approximate surface area is 176 Å². The molecule has 0 unspecified atom stereocenters. The lowest BCUT2D eigenvalue weighted by Crippen LogP contribution is -2.54. The number of carbonyl (C=O) groups is 1. The van der Waals surface area contributed by atoms with Crippen molar-refractivity contribution in [3.8, 4) is 11.5 Å². The van der Waals surface area contributed by atoms with E-state index in [1.807, 2.05) is 17.0 Å². The van der Waals surface area contributed by atoms with Gasteiger partial charge in [0.2, 0.25) is 0 Å². The average molecular weight is 412 g/mol. The minimum Gasteiger partial charge on any atom is -0.493 e. The maximum Gasteiger partial charge on any atom is 0.271 e. The molecule has 2 aromatic rings. The number of carbonyl (C=O) groups excluding carboxylic acids is 1. The molecule has 1 spiro atoms. The Kier molecular flexibility index (Phi) is 4.54. The highest BCUT2D eigenvalue weighted by atomic mass is 16.5. The van der Waals surface area contributed by atoms with Crippen LogP contribution in [0.1, 0.15) is 55.3 Å². The Morgan fingerprint density at radius 3 is 2.80 bits per heavy atom. The maximum absolute atomic E-state index is 12.7. The summed E-state index contributed by atoms with van der Waals surface area (Å²) in [4.78, 5) is 21.5. The molecule has 4 heterocycles. The Morgan fingerprint density at radius 1 is 1.30 bits per heavy atom. The summed E-state index contributed by atoms with van der Waals surface area (Å²) in [5, 5.41) is 0. The van der Waals surface area contributed by atoms with E-state index in [1.54, 1.807) is 19.6 Å². The number of piperidine rings is 1. The van der Waals surface area contributed by atoms with Crippen molar-refractivity contribution < 1.29 is 19.0 Å². The number of fused-ring (bicyclic) bond motifs is 3. The van der Waals surface area contributed by atoms with Crippen LogP contribution in [-0.4, -0.2) is 53.2 Å². The Hall–Kier alpha value is -2.54. The smallest absolute Gasteiger partial charge is 0.271 e. The van der Waals surface area contributed by atoms with Crippen LogP contribution in [0.3, 0.4) is 0 Å². The fourth-order valence-electron chi connectivity index (χ4n) is 5.37. The molecule has 7 heteroatoms. The summed E-state index contributed by atoms with van der Waals surface area (Å²) in [7, 11) is 1.67. The Bertz CT molecular complexity index is 932. The summed E-state index contributed by atoms with van der Waals surface area (Å²) in [5.41, 5.74) is 1.37. The van der Waals surface area contributed by atoms with Crippen LogP contribution in [-0.2, 0) is 4.74 Å². The third kappa shape index (κ3) is 3.07. The summed E-state index contributed by atoms with van der Waals surface area (Å²) >= 11 is 0. The number of benzene rings is 1. The molecule has 0 saturated carbocycles. The number of aromatic nitrogens is 2. The number of imidazole rings is 1. The van der Waals surface area contributed by atoms with Crippen LogP contribution in [0.15, 0.2) is 30.7 Å². The molecule has 1 amide bonds. The minimum atomic E-state index is -0.359. The predicted octanol–water partition coefficient (Wildman–Crippen LogP) is 3.59. The molecule has 0 radical (unpaired) electrons. The van der Waals surface area contributed by atoms with Gasteiger partial charge in [-0.1, -0.05) is 12.1 Å². The van der Waals surface area contributed by atoms with Gasteiger partial charge in [0, 0.05) is 24.6 Å². The van der Waals surface area contributed by atoms with Crippen molar-refractivity contribution in [3.63, 3.8) is 0 Å². The summed E-state index contributed by atoms with van der Waals surface area (Å²) in [6, 6.07) is 6.03. The zero-order valence-corrected chi connectivity index (χ0v) is 17.8. The van der Waals surface area contributed by atoms with Crippen LogP contribution in [0.5, 0.6) is 11.5 Å². The number of amides is 1. The predicted molar refractivity (Wildman–Crippen MR) is 111 cm³/mol. The molecule has 3 aliphatic rings. The molecule has 30 heavy (non-hydrogen) atoms. The van der Waals surface area contributed by atoms with Crippen molar-refractivity contribution >= 4 is 5.91 Å². The number of ether oxygens (including phenoxy) is 3. The number of nitrogens with zero attached hydrogens (tertiary/aromatic N) is 2. The van der Waals surface area contributed by atoms with Crippen molar-refractivity contribution in [2.24, 2.45) is 11.3 Å². The van der Waals surface area contributed by atoms with Gasteiger partial charge in [-0.15, -0.1) is 0 Å². The summed E-state index contributed by atoms with van der Waals surface area (Å²) < 4.78 is 18.6. The van der Waals surface area contributed by atoms with E-state index in [2.05, 4.69) is 29.9 Å². The third-order valence-corrected chi connectivity index (χ3v) is 7.22. The number of likely N-dealkylation sites (tertiary alicyclic amines) is 1. The molecule has 1 aromatic carbocycles. The first-order chi connectivity index (χ1) is 14.4. The molecule has 0 aliphatic carbocycles. The number of aromatic amines is 1. The van der Waals surface area contributed by atoms with E-state index in [0.717, 1.165) is 49.4 Å². The normalized spacial score (nSPS) is 26.4. The number of rotatable bonds is 2. The summed E-state index contributed by atoms with van der Waals surface area (Å²) in [6.07, 6.45) is 6.07. The molecule has 1 N–H and O–H groups in total. The van der Waals surface area contributed by atoms with Gasteiger partial charge in [0.15, 0.2) is 11.5 Å². The van der Waals surface area contributed by atoms with E-state index in [4.69, 9.17) is 14.2 Å². The van der Waals surface area contributed by atoms with Crippen molar-refractivity contribution in [1.29, 1.82) is 0 Å². The largest absolute Gasteiger partial charge is 0.493 e. The van der Waals surface area contributed by atoms with Crippen molar-refractivity contribution in [1.82, 2.24) is 14.9 Å². The van der Waals surface area contributed by atoms with Crippen LogP contribution in [0.2, 0.25) is 0 Å². The van der Waals surface area contributed by atoms with Crippen LogP contribution >= 0.6 is 0 Å². The van der Waals surface area contributed by atoms with Gasteiger partial charge in [-0.2, -0.15) is 0 Å². The van der Waals surface area contributed by atoms with Gasteiger partial charge in [-0.05, 0) is 44.6 Å². The van der Waals surface area contributed by atoms with Crippen LogP contribution in [0.25, 0.3) is 0 Å². The van der Waals surface area contributed by atoms with Gasteiger partial charge in [-0.25, -0.2) is 4.98 Å². The number of hydrogen-bond donors (Lipinski definition) is 1. The molecule has 2 fully saturated rings. The molecule has 2 atom stereocenters. The van der Waals surface area contributed by atoms with E-state index < -0.39 is 0 Å². The maximum atomic E-state index is 12.7. The van der Waals surface area contributed by atoms with Gasteiger partial charge in [0.1, 0.15) is 11.3 Å². The van der Waals surface area contributed by atoms with Gasteiger partial charge < -0.3 is 24.1 Å². The van der Waals surface area contributed by atoms with Crippen molar-refractivity contribution in [3.05, 3.63) is 42.0 Å². The molecule has 160 valence electrons. The molecule has 7 nitrogen and oxygen atoms in total. The lowest BCUT2D eigenvalue weighted by molar-refractivity contribution is -0.173. The molecular formula is C23H29N3O4. The van der Waals surface area contributed by atoms with E-state index in [9.17, 15) is 4.79 Å². The quantitative estimate of drug-likeness (QED) is 0.817. The van der Waals surface area contributed by atoms with Crippen LogP contribution in [0.4, 0.5) is 0 Å². The minimum absolute atomic E-state index is 0.00845. The topological polar surface area (TPSA) is 76.7 Å². The van der Waals surface area contributed by atoms with Gasteiger partial charge >= 0.3 is 0 Å². The standard InChI is InChI=1S/C23H29N3O4/c1-22(2)16-11-23(7-9-26(10-8-23)21(27)17-12-24-14-25-17)13-29-19(16)15-5-4-6-18(28-3)20(15)30-22/h4-6,12,14,16,19H,7-11,13H2,1-3H3,(H,24,25)/t16-,19+/m0/s1. The second-order valence-corrected chi connectivity index (χ2v) is 9.38. The van der Waals surface area contributed by atoms with Gasteiger partial charge in [0.25, 0.3) is 5.91 Å².